The molecule has 0 aliphatic heterocycles. The van der Waals surface area contributed by atoms with E-state index >= 15 is 0 Å². The maximum Gasteiger partial charge on any atom is -0.000546 e. The first-order chi connectivity index (χ1) is 6.27. The molecule has 0 aliphatic carbocycles. The van der Waals surface area contributed by atoms with Gasteiger partial charge in [0.25, 0.3) is 0 Å². The lowest BCUT2D eigenvalue weighted by Gasteiger charge is -2.13. The molecule has 2 N–H and O–H groups in total. The Labute approximate surface area is 81.0 Å². The normalized spacial score (nSPS) is 12.8. The summed E-state index contributed by atoms with van der Waals surface area (Å²) < 4.78 is 0. The molecule has 1 aromatic rings. The van der Waals surface area contributed by atoms with E-state index in [0.717, 1.165) is 6.42 Å². The van der Waals surface area contributed by atoms with Crippen molar-refractivity contribution in [1.82, 2.24) is 0 Å². The highest BCUT2D eigenvalue weighted by Crippen LogP contribution is 2.19. The third-order valence-electron chi connectivity index (χ3n) is 2.28. The fourth-order valence-corrected chi connectivity index (χ4v) is 1.47. The summed E-state index contributed by atoms with van der Waals surface area (Å²) in [5.41, 5.74) is 8.33. The van der Waals surface area contributed by atoms with Crippen molar-refractivity contribution >= 4 is 0 Å². The number of hydrogen-bond acceptors (Lipinski definition) is 1. The minimum absolute atomic E-state index is 0.422. The van der Waals surface area contributed by atoms with Gasteiger partial charge >= 0.3 is 0 Å². The number of benzene rings is 1. The number of rotatable bonds is 4. The van der Waals surface area contributed by atoms with Gasteiger partial charge in [-0.05, 0) is 31.4 Å². The Bertz CT molecular complexity index is 238. The van der Waals surface area contributed by atoms with Crippen molar-refractivity contribution in [3.8, 4) is 0 Å². The largest absolute Gasteiger partial charge is 0.330 e. The monoisotopic (exact) mass is 176 g/mol. The van der Waals surface area contributed by atoms with Crippen LogP contribution in [0.25, 0.3) is 0 Å². The summed E-state index contributed by atoms with van der Waals surface area (Å²) in [7, 11) is 0. The minimum atomic E-state index is 0.422. The van der Waals surface area contributed by atoms with E-state index in [-0.39, 0.29) is 0 Å². The van der Waals surface area contributed by atoms with E-state index in [1.165, 1.54) is 11.1 Å². The Morgan fingerprint density at radius 2 is 1.92 bits per heavy atom. The lowest BCUT2D eigenvalue weighted by atomic mass is 9.94. The van der Waals surface area contributed by atoms with E-state index in [2.05, 4.69) is 44.5 Å². The highest BCUT2D eigenvalue weighted by Gasteiger charge is 2.07. The molecule has 1 heteroatoms. The molecule has 1 rings (SSSR count). The second kappa shape index (κ2) is 5.03. The van der Waals surface area contributed by atoms with Crippen LogP contribution in [0.3, 0.4) is 0 Å². The minimum Gasteiger partial charge on any atom is -0.330 e. The van der Waals surface area contributed by atoms with Crippen LogP contribution in [0, 0.1) is 13.3 Å². The maximum absolute atomic E-state index is 5.70. The van der Waals surface area contributed by atoms with Crippen molar-refractivity contribution in [3.63, 3.8) is 0 Å². The second-order valence-corrected chi connectivity index (χ2v) is 3.40. The predicted molar refractivity (Wildman–Crippen MR) is 57.6 cm³/mol. The van der Waals surface area contributed by atoms with Gasteiger partial charge in [-0.25, -0.2) is 0 Å². The standard InChI is InChI=1S/C12H18N/c1-3-4-12(9-13)11-7-5-10(2)6-8-11/h4-8,12H,3,9,13H2,1-2H3. The van der Waals surface area contributed by atoms with Crippen LogP contribution in [-0.4, -0.2) is 6.54 Å². The summed E-state index contributed by atoms with van der Waals surface area (Å²) in [6.45, 7) is 4.96. The highest BCUT2D eigenvalue weighted by molar-refractivity contribution is 5.26. The number of hydrogen-bond donors (Lipinski definition) is 1. The van der Waals surface area contributed by atoms with Gasteiger partial charge in [0.05, 0.1) is 0 Å². The number of aryl methyl sites for hydroxylation is 1. The van der Waals surface area contributed by atoms with E-state index in [1.54, 1.807) is 0 Å². The molecule has 0 saturated heterocycles. The fourth-order valence-electron chi connectivity index (χ4n) is 1.47. The molecule has 13 heavy (non-hydrogen) atoms. The van der Waals surface area contributed by atoms with Crippen LogP contribution in [0.1, 0.15) is 30.4 Å². The van der Waals surface area contributed by atoms with E-state index in [9.17, 15) is 0 Å². The van der Waals surface area contributed by atoms with Crippen molar-refractivity contribution in [1.29, 1.82) is 0 Å². The highest BCUT2D eigenvalue weighted by atomic mass is 14.5. The van der Waals surface area contributed by atoms with Crippen molar-refractivity contribution in [2.75, 3.05) is 6.54 Å². The summed E-state index contributed by atoms with van der Waals surface area (Å²) in [6.07, 6.45) is 3.35. The SMILES string of the molecule is CC[CH]C(CN)c1ccc(C)cc1. The average Bonchev–Trinajstić information content (AvgIpc) is 2.16. The van der Waals surface area contributed by atoms with Gasteiger partial charge in [0.1, 0.15) is 0 Å². The lowest BCUT2D eigenvalue weighted by molar-refractivity contribution is 0.758. The van der Waals surface area contributed by atoms with Gasteiger partial charge in [0.15, 0.2) is 0 Å². The Hall–Kier alpha value is -0.820. The summed E-state index contributed by atoms with van der Waals surface area (Å²) in [4.78, 5) is 0. The molecule has 0 saturated carbocycles. The summed E-state index contributed by atoms with van der Waals surface area (Å²) in [6, 6.07) is 8.61. The Kier molecular flexibility index (Phi) is 3.97. The van der Waals surface area contributed by atoms with Crippen molar-refractivity contribution < 1.29 is 0 Å². The molecule has 0 heterocycles. The van der Waals surface area contributed by atoms with E-state index in [4.69, 9.17) is 5.73 Å². The molecule has 1 nitrogen and oxygen atoms in total. The van der Waals surface area contributed by atoms with Gasteiger partial charge in [-0.2, -0.15) is 0 Å². The summed E-state index contributed by atoms with van der Waals surface area (Å²) in [5, 5.41) is 0. The zero-order chi connectivity index (χ0) is 9.68. The Morgan fingerprint density at radius 3 is 2.38 bits per heavy atom. The molecule has 1 unspecified atom stereocenters. The zero-order valence-corrected chi connectivity index (χ0v) is 8.46. The molecule has 0 aliphatic rings. The molecule has 0 aromatic heterocycles. The molecule has 1 aromatic carbocycles. The number of nitrogens with two attached hydrogens (primary N) is 1. The first-order valence-corrected chi connectivity index (χ1v) is 4.88. The van der Waals surface area contributed by atoms with E-state index < -0.39 is 0 Å². The smallest absolute Gasteiger partial charge is 0.000546 e. The molecule has 1 atom stereocenters. The van der Waals surface area contributed by atoms with Gasteiger partial charge in [0, 0.05) is 0 Å². The molecule has 0 amide bonds. The lowest BCUT2D eigenvalue weighted by Crippen LogP contribution is -2.12. The van der Waals surface area contributed by atoms with E-state index in [1.807, 2.05) is 0 Å². The average molecular weight is 176 g/mol. The van der Waals surface area contributed by atoms with Crippen LogP contribution in [-0.2, 0) is 0 Å². The quantitative estimate of drug-likeness (QED) is 0.750. The van der Waals surface area contributed by atoms with E-state index in [0.29, 0.717) is 12.5 Å². The van der Waals surface area contributed by atoms with Crippen LogP contribution in [0.15, 0.2) is 24.3 Å². The summed E-state index contributed by atoms with van der Waals surface area (Å²) >= 11 is 0. The predicted octanol–water partition coefficient (Wildman–Crippen LogP) is 2.65. The van der Waals surface area contributed by atoms with Gasteiger partial charge in [-0.3, -0.25) is 0 Å². The molecule has 0 spiro atoms. The third kappa shape index (κ3) is 2.85. The van der Waals surface area contributed by atoms with Crippen LogP contribution < -0.4 is 5.73 Å². The van der Waals surface area contributed by atoms with Crippen LogP contribution in [0.2, 0.25) is 0 Å². The van der Waals surface area contributed by atoms with Gasteiger partial charge in [-0.1, -0.05) is 43.2 Å². The molecule has 0 fully saturated rings. The summed E-state index contributed by atoms with van der Waals surface area (Å²) in [5.74, 6) is 0.422. The zero-order valence-electron chi connectivity index (χ0n) is 8.46. The topological polar surface area (TPSA) is 26.0 Å². The van der Waals surface area contributed by atoms with Gasteiger partial charge < -0.3 is 5.73 Å². The van der Waals surface area contributed by atoms with Crippen LogP contribution in [0.5, 0.6) is 0 Å². The van der Waals surface area contributed by atoms with Crippen LogP contribution in [0.4, 0.5) is 0 Å². The maximum atomic E-state index is 5.70. The fraction of sp³-hybridized carbons (Fsp3) is 0.417. The molecular weight excluding hydrogens is 158 g/mol. The van der Waals surface area contributed by atoms with Crippen molar-refractivity contribution in [2.45, 2.75) is 26.2 Å². The molecule has 71 valence electrons. The van der Waals surface area contributed by atoms with Crippen molar-refractivity contribution in [2.24, 2.45) is 5.73 Å². The van der Waals surface area contributed by atoms with Crippen molar-refractivity contribution in [3.05, 3.63) is 41.8 Å². The molecule has 1 radical (unpaired) electrons. The molecular formula is C12H18N. The third-order valence-corrected chi connectivity index (χ3v) is 2.28. The first kappa shape index (κ1) is 10.3. The van der Waals surface area contributed by atoms with Crippen LogP contribution >= 0.6 is 0 Å². The van der Waals surface area contributed by atoms with Gasteiger partial charge in [-0.15, -0.1) is 0 Å². The second-order valence-electron chi connectivity index (χ2n) is 3.40. The first-order valence-electron chi connectivity index (χ1n) is 4.88. The molecule has 0 bridgehead atoms. The van der Waals surface area contributed by atoms with Gasteiger partial charge in [0.2, 0.25) is 0 Å². The Balaban J connectivity index is 2.73. The Morgan fingerprint density at radius 1 is 1.31 bits per heavy atom.